The highest BCUT2D eigenvalue weighted by atomic mass is 16.5. The Bertz CT molecular complexity index is 832. The van der Waals surface area contributed by atoms with Gasteiger partial charge in [-0.1, -0.05) is 24.3 Å². The summed E-state index contributed by atoms with van der Waals surface area (Å²) in [6.45, 7) is 4.19. The van der Waals surface area contributed by atoms with Crippen LogP contribution in [-0.4, -0.2) is 56.5 Å². The smallest absolute Gasteiger partial charge is 0.250 e. The Morgan fingerprint density at radius 2 is 1.71 bits per heavy atom. The van der Waals surface area contributed by atoms with Crippen LogP contribution in [0.15, 0.2) is 48.5 Å². The molecule has 1 aliphatic rings. The number of piperazine rings is 1. The number of hydrogen-bond donors (Lipinski definition) is 2. The molecule has 0 spiro atoms. The molecule has 1 fully saturated rings. The molecule has 0 atom stereocenters. The van der Waals surface area contributed by atoms with Crippen LogP contribution < -0.4 is 20.7 Å². The van der Waals surface area contributed by atoms with E-state index in [0.717, 1.165) is 37.6 Å². The lowest BCUT2D eigenvalue weighted by Gasteiger charge is -2.36. The van der Waals surface area contributed by atoms with Crippen LogP contribution in [0.3, 0.4) is 0 Å². The van der Waals surface area contributed by atoms with Gasteiger partial charge in [0.15, 0.2) is 0 Å². The maximum absolute atomic E-state index is 12.3. The van der Waals surface area contributed by atoms with Gasteiger partial charge in [0.05, 0.1) is 24.0 Å². The molecule has 148 valence electrons. The van der Waals surface area contributed by atoms with E-state index in [1.807, 2.05) is 18.2 Å². The lowest BCUT2D eigenvalue weighted by Crippen LogP contribution is -2.47. The van der Waals surface area contributed by atoms with Gasteiger partial charge in [-0.25, -0.2) is 0 Å². The highest BCUT2D eigenvalue weighted by molar-refractivity contribution is 6.02. The SMILES string of the molecule is COc1ccccc1N1CCN(CCC(=O)Nc2ccccc2C(N)=O)CC1. The van der Waals surface area contributed by atoms with Crippen molar-refractivity contribution >= 4 is 23.2 Å². The number of nitrogens with two attached hydrogens (primary N) is 1. The molecule has 28 heavy (non-hydrogen) atoms. The van der Waals surface area contributed by atoms with Crippen molar-refractivity contribution in [3.05, 3.63) is 54.1 Å². The van der Waals surface area contributed by atoms with Crippen molar-refractivity contribution in [3.8, 4) is 5.75 Å². The standard InChI is InChI=1S/C21H26N4O3/c1-28-19-9-5-4-8-18(19)25-14-12-24(13-15-25)11-10-20(26)23-17-7-3-2-6-16(17)21(22)27/h2-9H,10-15H2,1H3,(H2,22,27)(H,23,26). The van der Waals surface area contributed by atoms with Gasteiger partial charge in [-0.3, -0.25) is 14.5 Å². The third-order valence-electron chi connectivity index (χ3n) is 4.92. The largest absolute Gasteiger partial charge is 0.495 e. The first-order valence-electron chi connectivity index (χ1n) is 9.37. The lowest BCUT2D eigenvalue weighted by molar-refractivity contribution is -0.116. The minimum absolute atomic E-state index is 0.124. The third-order valence-corrected chi connectivity index (χ3v) is 4.92. The van der Waals surface area contributed by atoms with E-state index in [1.165, 1.54) is 0 Å². The van der Waals surface area contributed by atoms with Crippen molar-refractivity contribution in [2.45, 2.75) is 6.42 Å². The number of anilines is 2. The molecule has 1 heterocycles. The Hall–Kier alpha value is -3.06. The zero-order valence-corrected chi connectivity index (χ0v) is 16.1. The van der Waals surface area contributed by atoms with Crippen molar-refractivity contribution in [1.82, 2.24) is 4.90 Å². The average molecular weight is 382 g/mol. The van der Waals surface area contributed by atoms with E-state index in [1.54, 1.807) is 31.4 Å². The number of methoxy groups -OCH3 is 1. The number of ether oxygens (including phenoxy) is 1. The predicted octanol–water partition coefficient (Wildman–Crippen LogP) is 1.94. The fourth-order valence-corrected chi connectivity index (χ4v) is 3.38. The quantitative estimate of drug-likeness (QED) is 0.764. The van der Waals surface area contributed by atoms with Crippen LogP contribution in [0.2, 0.25) is 0 Å². The molecular weight excluding hydrogens is 356 g/mol. The Balaban J connectivity index is 1.48. The van der Waals surface area contributed by atoms with E-state index in [4.69, 9.17) is 10.5 Å². The van der Waals surface area contributed by atoms with E-state index in [2.05, 4.69) is 21.2 Å². The van der Waals surface area contributed by atoms with Crippen molar-refractivity contribution in [3.63, 3.8) is 0 Å². The van der Waals surface area contributed by atoms with Gasteiger partial charge >= 0.3 is 0 Å². The predicted molar refractivity (Wildman–Crippen MR) is 110 cm³/mol. The Kier molecular flexibility index (Phi) is 6.49. The fraction of sp³-hybridized carbons (Fsp3) is 0.333. The van der Waals surface area contributed by atoms with E-state index in [0.29, 0.717) is 24.2 Å². The number of nitrogens with zero attached hydrogens (tertiary/aromatic N) is 2. The average Bonchev–Trinajstić information content (AvgIpc) is 2.73. The first-order chi connectivity index (χ1) is 13.6. The first kappa shape index (κ1) is 19.7. The van der Waals surface area contributed by atoms with E-state index in [-0.39, 0.29) is 5.91 Å². The summed E-state index contributed by atoms with van der Waals surface area (Å²) in [4.78, 5) is 28.3. The second-order valence-electron chi connectivity index (χ2n) is 6.71. The molecular formula is C21H26N4O3. The van der Waals surface area contributed by atoms with Gasteiger partial charge in [0.25, 0.3) is 5.91 Å². The molecule has 3 rings (SSSR count). The highest BCUT2D eigenvalue weighted by Gasteiger charge is 2.20. The van der Waals surface area contributed by atoms with Gasteiger partial charge in [-0.05, 0) is 24.3 Å². The summed E-state index contributed by atoms with van der Waals surface area (Å²) in [5.41, 5.74) is 7.23. The summed E-state index contributed by atoms with van der Waals surface area (Å²) in [7, 11) is 1.68. The number of primary amides is 1. The third kappa shape index (κ3) is 4.80. The van der Waals surface area contributed by atoms with Crippen LogP contribution in [0.25, 0.3) is 0 Å². The summed E-state index contributed by atoms with van der Waals surface area (Å²) in [5.74, 6) is 0.202. The molecule has 0 aliphatic carbocycles. The summed E-state index contributed by atoms with van der Waals surface area (Å²) in [5, 5.41) is 2.79. The Morgan fingerprint density at radius 3 is 2.43 bits per heavy atom. The Labute approximate surface area is 165 Å². The molecule has 2 aromatic rings. The summed E-state index contributed by atoms with van der Waals surface area (Å²) in [6.07, 6.45) is 0.363. The number of carbonyl (C=O) groups excluding carboxylic acids is 2. The van der Waals surface area contributed by atoms with Crippen molar-refractivity contribution < 1.29 is 14.3 Å². The minimum Gasteiger partial charge on any atom is -0.495 e. The van der Waals surface area contributed by atoms with Crippen molar-refractivity contribution in [2.75, 3.05) is 50.1 Å². The molecule has 0 radical (unpaired) electrons. The number of nitrogens with one attached hydrogen (secondary N) is 1. The van der Waals surface area contributed by atoms with Crippen LogP contribution in [0.5, 0.6) is 5.75 Å². The fourth-order valence-electron chi connectivity index (χ4n) is 3.38. The molecule has 0 aromatic heterocycles. The number of hydrogen-bond acceptors (Lipinski definition) is 5. The molecule has 3 N–H and O–H groups in total. The van der Waals surface area contributed by atoms with Gasteiger partial charge in [-0.2, -0.15) is 0 Å². The van der Waals surface area contributed by atoms with Gasteiger partial charge in [-0.15, -0.1) is 0 Å². The normalized spacial score (nSPS) is 14.5. The second kappa shape index (κ2) is 9.23. The molecule has 0 bridgehead atoms. The van der Waals surface area contributed by atoms with Crippen LogP contribution in [0.1, 0.15) is 16.8 Å². The van der Waals surface area contributed by atoms with Gasteiger partial charge < -0.3 is 20.7 Å². The minimum atomic E-state index is -0.552. The summed E-state index contributed by atoms with van der Waals surface area (Å²) < 4.78 is 5.45. The van der Waals surface area contributed by atoms with E-state index < -0.39 is 5.91 Å². The van der Waals surface area contributed by atoms with E-state index in [9.17, 15) is 9.59 Å². The first-order valence-corrected chi connectivity index (χ1v) is 9.37. The van der Waals surface area contributed by atoms with Gasteiger partial charge in [0, 0.05) is 39.1 Å². The zero-order chi connectivity index (χ0) is 19.9. The molecule has 0 unspecified atom stereocenters. The Morgan fingerprint density at radius 1 is 1.04 bits per heavy atom. The summed E-state index contributed by atoms with van der Waals surface area (Å²) >= 11 is 0. The molecule has 2 amide bonds. The number of benzene rings is 2. The molecule has 1 saturated heterocycles. The van der Waals surface area contributed by atoms with Gasteiger partial charge in [0.2, 0.25) is 5.91 Å². The van der Waals surface area contributed by atoms with Crippen LogP contribution in [0.4, 0.5) is 11.4 Å². The highest BCUT2D eigenvalue weighted by Crippen LogP contribution is 2.28. The van der Waals surface area contributed by atoms with Gasteiger partial charge in [0.1, 0.15) is 5.75 Å². The van der Waals surface area contributed by atoms with E-state index >= 15 is 0 Å². The maximum Gasteiger partial charge on any atom is 0.250 e. The molecule has 1 aliphatic heterocycles. The number of amides is 2. The number of rotatable bonds is 7. The van der Waals surface area contributed by atoms with Crippen molar-refractivity contribution in [1.29, 1.82) is 0 Å². The lowest BCUT2D eigenvalue weighted by atomic mass is 10.1. The zero-order valence-electron chi connectivity index (χ0n) is 16.1. The molecule has 7 nitrogen and oxygen atoms in total. The molecule has 7 heteroatoms. The topological polar surface area (TPSA) is 87.9 Å². The van der Waals surface area contributed by atoms with Crippen LogP contribution in [-0.2, 0) is 4.79 Å². The second-order valence-corrected chi connectivity index (χ2v) is 6.71. The van der Waals surface area contributed by atoms with Crippen LogP contribution in [0, 0.1) is 0 Å². The van der Waals surface area contributed by atoms with Crippen LogP contribution >= 0.6 is 0 Å². The summed E-state index contributed by atoms with van der Waals surface area (Å²) in [6, 6.07) is 14.8. The number of carbonyl (C=O) groups is 2. The number of para-hydroxylation sites is 3. The van der Waals surface area contributed by atoms with Crippen molar-refractivity contribution in [2.24, 2.45) is 5.73 Å². The monoisotopic (exact) mass is 382 g/mol. The molecule has 2 aromatic carbocycles. The molecule has 0 saturated carbocycles. The maximum atomic E-state index is 12.3.